The molecule has 1 aromatic heterocycles. The van der Waals surface area contributed by atoms with E-state index in [1.807, 2.05) is 0 Å². The second kappa shape index (κ2) is 4.77. The van der Waals surface area contributed by atoms with Crippen LogP contribution in [-0.2, 0) is 6.54 Å². The fraction of sp³-hybridized carbons (Fsp3) is 0.0909. The largest absolute Gasteiger partial charge is 0.389 e. The van der Waals surface area contributed by atoms with E-state index < -0.39 is 5.82 Å². The van der Waals surface area contributed by atoms with E-state index in [9.17, 15) is 9.18 Å². The van der Waals surface area contributed by atoms with Crippen molar-refractivity contribution in [2.45, 2.75) is 6.54 Å². The Morgan fingerprint density at radius 3 is 2.82 bits per heavy atom. The highest BCUT2D eigenvalue weighted by Crippen LogP contribution is 2.11. The first-order chi connectivity index (χ1) is 8.08. The van der Waals surface area contributed by atoms with Crippen LogP contribution in [0, 0.1) is 5.82 Å². The topological polar surface area (TPSA) is 48.0 Å². The van der Waals surface area contributed by atoms with Crippen LogP contribution in [0.3, 0.4) is 0 Å². The molecule has 3 nitrogen and oxygen atoms in total. The average Bonchev–Trinajstić information content (AvgIpc) is 2.67. The van der Waals surface area contributed by atoms with Gasteiger partial charge in [-0.1, -0.05) is 35.7 Å². The predicted octanol–water partition coefficient (Wildman–Crippen LogP) is 1.73. The van der Waals surface area contributed by atoms with Crippen LogP contribution in [0.5, 0.6) is 0 Å². The number of thiazole rings is 1. The summed E-state index contributed by atoms with van der Waals surface area (Å²) >= 11 is 5.84. The number of halogens is 1. The molecule has 0 aliphatic carbocycles. The van der Waals surface area contributed by atoms with E-state index in [0.717, 1.165) is 11.3 Å². The number of hydrogen-bond donors (Lipinski definition) is 1. The molecule has 1 heterocycles. The molecule has 6 heteroatoms. The van der Waals surface area contributed by atoms with Crippen molar-refractivity contribution < 1.29 is 4.39 Å². The lowest BCUT2D eigenvalue weighted by Gasteiger charge is -2.05. The molecule has 0 spiro atoms. The van der Waals surface area contributed by atoms with Crippen molar-refractivity contribution in [3.63, 3.8) is 0 Å². The molecule has 0 aliphatic rings. The summed E-state index contributed by atoms with van der Waals surface area (Å²) in [7, 11) is 0. The standard InChI is InChI=1S/C11H9FN2OS2/c12-9-5-7(10(13)16)1-2-8(9)6-14-3-4-17-11(14)15/h1-5H,6H2,(H2,13,16). The third kappa shape index (κ3) is 2.59. The van der Waals surface area contributed by atoms with Gasteiger partial charge in [-0.3, -0.25) is 4.79 Å². The lowest BCUT2D eigenvalue weighted by molar-refractivity contribution is 0.598. The molecule has 17 heavy (non-hydrogen) atoms. The van der Waals surface area contributed by atoms with Gasteiger partial charge < -0.3 is 10.3 Å². The number of rotatable bonds is 3. The Hall–Kier alpha value is -1.53. The van der Waals surface area contributed by atoms with Crippen molar-refractivity contribution in [2.75, 3.05) is 0 Å². The summed E-state index contributed by atoms with van der Waals surface area (Å²) < 4.78 is 15.2. The molecule has 0 amide bonds. The second-order valence-electron chi connectivity index (χ2n) is 3.47. The second-order valence-corrected chi connectivity index (χ2v) is 4.76. The quantitative estimate of drug-likeness (QED) is 0.862. The van der Waals surface area contributed by atoms with Gasteiger partial charge in [0.1, 0.15) is 10.8 Å². The molecule has 0 aliphatic heterocycles. The number of nitrogens with two attached hydrogens (primary N) is 1. The zero-order valence-corrected chi connectivity index (χ0v) is 10.4. The Bertz CT molecular complexity index is 618. The van der Waals surface area contributed by atoms with Crippen molar-refractivity contribution >= 4 is 28.5 Å². The Morgan fingerprint density at radius 2 is 2.29 bits per heavy atom. The fourth-order valence-electron chi connectivity index (χ4n) is 1.42. The maximum absolute atomic E-state index is 13.7. The maximum atomic E-state index is 13.7. The van der Waals surface area contributed by atoms with Crippen LogP contribution >= 0.6 is 23.6 Å². The minimum atomic E-state index is -0.409. The van der Waals surface area contributed by atoms with Crippen molar-refractivity contribution in [1.82, 2.24) is 4.57 Å². The van der Waals surface area contributed by atoms with Gasteiger partial charge in [0.25, 0.3) is 0 Å². The Balaban J connectivity index is 2.32. The van der Waals surface area contributed by atoms with Crippen molar-refractivity contribution in [1.29, 1.82) is 0 Å². The first-order valence-electron chi connectivity index (χ1n) is 4.80. The predicted molar refractivity (Wildman–Crippen MR) is 70.0 cm³/mol. The molecule has 1 aromatic carbocycles. The maximum Gasteiger partial charge on any atom is 0.307 e. The van der Waals surface area contributed by atoms with E-state index in [1.54, 1.807) is 23.7 Å². The normalized spacial score (nSPS) is 10.4. The van der Waals surface area contributed by atoms with E-state index in [0.29, 0.717) is 11.1 Å². The molecule has 88 valence electrons. The number of thiocarbonyl (C=S) groups is 1. The van der Waals surface area contributed by atoms with Crippen molar-refractivity contribution in [3.8, 4) is 0 Å². The monoisotopic (exact) mass is 268 g/mol. The molecule has 0 atom stereocenters. The highest BCUT2D eigenvalue weighted by Gasteiger charge is 2.07. The smallest absolute Gasteiger partial charge is 0.307 e. The lowest BCUT2D eigenvalue weighted by Crippen LogP contribution is -2.14. The minimum absolute atomic E-state index is 0.108. The van der Waals surface area contributed by atoms with Crippen molar-refractivity contribution in [2.24, 2.45) is 5.73 Å². The molecule has 2 aromatic rings. The highest BCUT2D eigenvalue weighted by atomic mass is 32.1. The molecule has 0 saturated carbocycles. The Morgan fingerprint density at radius 1 is 1.53 bits per heavy atom. The summed E-state index contributed by atoms with van der Waals surface area (Å²) in [6.45, 7) is 0.214. The molecule has 2 rings (SSSR count). The number of benzene rings is 1. The van der Waals surface area contributed by atoms with Crippen LogP contribution in [-0.4, -0.2) is 9.56 Å². The van der Waals surface area contributed by atoms with Gasteiger partial charge >= 0.3 is 4.87 Å². The van der Waals surface area contributed by atoms with E-state index >= 15 is 0 Å². The first kappa shape index (κ1) is 11.9. The molecule has 2 N–H and O–H groups in total. The summed E-state index contributed by atoms with van der Waals surface area (Å²) in [5.41, 5.74) is 6.32. The van der Waals surface area contributed by atoms with Crippen LogP contribution in [0.4, 0.5) is 4.39 Å². The van der Waals surface area contributed by atoms with Gasteiger partial charge in [-0.25, -0.2) is 4.39 Å². The van der Waals surface area contributed by atoms with E-state index in [-0.39, 0.29) is 16.4 Å². The summed E-state index contributed by atoms with van der Waals surface area (Å²) in [5, 5.41) is 1.67. The molecule has 0 saturated heterocycles. The molecule has 0 fully saturated rings. The fourth-order valence-corrected chi connectivity index (χ4v) is 2.13. The number of aromatic nitrogens is 1. The Labute approximate surface area is 106 Å². The zero-order valence-electron chi connectivity index (χ0n) is 8.72. The summed E-state index contributed by atoms with van der Waals surface area (Å²) in [4.78, 5) is 11.4. The van der Waals surface area contributed by atoms with E-state index in [2.05, 4.69) is 0 Å². The SMILES string of the molecule is NC(=S)c1ccc(Cn2ccsc2=O)c(F)c1. The number of hydrogen-bond acceptors (Lipinski definition) is 3. The molecule has 0 bridgehead atoms. The van der Waals surface area contributed by atoms with E-state index in [1.165, 1.54) is 10.6 Å². The molecule has 0 radical (unpaired) electrons. The zero-order chi connectivity index (χ0) is 12.4. The third-order valence-electron chi connectivity index (χ3n) is 2.32. The minimum Gasteiger partial charge on any atom is -0.389 e. The Kier molecular flexibility index (Phi) is 3.35. The summed E-state index contributed by atoms with van der Waals surface area (Å²) in [6, 6.07) is 4.53. The molecular formula is C11H9FN2OS2. The lowest BCUT2D eigenvalue weighted by atomic mass is 10.1. The molecular weight excluding hydrogens is 259 g/mol. The van der Waals surface area contributed by atoms with E-state index in [4.69, 9.17) is 18.0 Å². The van der Waals surface area contributed by atoms with Crippen LogP contribution in [0.1, 0.15) is 11.1 Å². The first-order valence-corrected chi connectivity index (χ1v) is 6.09. The molecule has 0 unspecified atom stereocenters. The van der Waals surface area contributed by atoms with Gasteiger partial charge in [-0.05, 0) is 6.07 Å². The van der Waals surface area contributed by atoms with Crippen LogP contribution in [0.2, 0.25) is 0 Å². The van der Waals surface area contributed by atoms with Gasteiger partial charge in [0.05, 0.1) is 6.54 Å². The van der Waals surface area contributed by atoms with Gasteiger partial charge in [0, 0.05) is 22.7 Å². The number of nitrogens with zero attached hydrogens (tertiary/aromatic N) is 1. The highest BCUT2D eigenvalue weighted by molar-refractivity contribution is 7.80. The van der Waals surface area contributed by atoms with Gasteiger partial charge in [0.15, 0.2) is 0 Å². The van der Waals surface area contributed by atoms with Crippen LogP contribution in [0.15, 0.2) is 34.6 Å². The third-order valence-corrected chi connectivity index (χ3v) is 3.25. The summed E-state index contributed by atoms with van der Waals surface area (Å²) in [5.74, 6) is -0.409. The van der Waals surface area contributed by atoms with Crippen molar-refractivity contribution in [3.05, 3.63) is 56.4 Å². The van der Waals surface area contributed by atoms with Gasteiger partial charge in [-0.2, -0.15) is 0 Å². The summed E-state index contributed by atoms with van der Waals surface area (Å²) in [6.07, 6.45) is 1.63. The van der Waals surface area contributed by atoms with Crippen LogP contribution < -0.4 is 10.6 Å². The van der Waals surface area contributed by atoms with Crippen LogP contribution in [0.25, 0.3) is 0 Å². The van der Waals surface area contributed by atoms with Gasteiger partial charge in [-0.15, -0.1) is 0 Å². The average molecular weight is 268 g/mol. The van der Waals surface area contributed by atoms with Gasteiger partial charge in [0.2, 0.25) is 0 Å².